The highest BCUT2D eigenvalue weighted by Crippen LogP contribution is 2.30. The molecule has 5 nitrogen and oxygen atoms in total. The summed E-state index contributed by atoms with van der Waals surface area (Å²) >= 11 is 1.46. The maximum absolute atomic E-state index is 13.1. The average Bonchev–Trinajstić information content (AvgIpc) is 2.99. The first kappa shape index (κ1) is 13.0. The highest BCUT2D eigenvalue weighted by atomic mass is 32.2. The van der Waals surface area contributed by atoms with Gasteiger partial charge in [-0.25, -0.2) is 9.07 Å². The second kappa shape index (κ2) is 5.27. The Kier molecular flexibility index (Phi) is 3.12. The largest absolute Gasteiger partial charge is 0.289 e. The maximum Gasteiger partial charge on any atom is 0.214 e. The molecule has 0 aliphatic carbocycles. The first-order valence-electron chi connectivity index (χ1n) is 6.57. The van der Waals surface area contributed by atoms with Crippen molar-refractivity contribution in [2.45, 2.75) is 5.16 Å². The standard InChI is InChI=1S/C15H10FN5S/c16-12-5-3-10(4-6-12)13-9-22-15-19-18-14(21(15)20-13)11-2-1-7-17-8-11/h1-9,20H. The third kappa shape index (κ3) is 2.25. The summed E-state index contributed by atoms with van der Waals surface area (Å²) in [4.78, 5) is 4.10. The molecule has 0 spiro atoms. The predicted octanol–water partition coefficient (Wildman–Crippen LogP) is 3.13. The van der Waals surface area contributed by atoms with E-state index in [1.165, 1.54) is 23.9 Å². The van der Waals surface area contributed by atoms with Crippen molar-refractivity contribution >= 4 is 17.5 Å². The van der Waals surface area contributed by atoms with E-state index in [0.29, 0.717) is 5.82 Å². The number of rotatable bonds is 2. The lowest BCUT2D eigenvalue weighted by Gasteiger charge is -2.19. The Morgan fingerprint density at radius 1 is 1.05 bits per heavy atom. The van der Waals surface area contributed by atoms with Gasteiger partial charge in [-0.1, -0.05) is 11.8 Å². The first-order valence-corrected chi connectivity index (χ1v) is 7.45. The summed E-state index contributed by atoms with van der Waals surface area (Å²) < 4.78 is 14.9. The quantitative estimate of drug-likeness (QED) is 0.788. The van der Waals surface area contributed by atoms with E-state index in [2.05, 4.69) is 20.6 Å². The van der Waals surface area contributed by atoms with Gasteiger partial charge in [-0.15, -0.1) is 10.2 Å². The Balaban J connectivity index is 1.70. The van der Waals surface area contributed by atoms with E-state index in [1.54, 1.807) is 29.2 Å². The molecule has 0 saturated carbocycles. The lowest BCUT2D eigenvalue weighted by atomic mass is 10.2. The Morgan fingerprint density at radius 3 is 2.68 bits per heavy atom. The Morgan fingerprint density at radius 2 is 1.91 bits per heavy atom. The second-order valence-corrected chi connectivity index (χ2v) is 5.49. The zero-order valence-corrected chi connectivity index (χ0v) is 12.1. The molecule has 1 aliphatic rings. The minimum atomic E-state index is -0.256. The van der Waals surface area contributed by atoms with Crippen LogP contribution in [0.5, 0.6) is 0 Å². The fourth-order valence-corrected chi connectivity index (χ4v) is 2.89. The van der Waals surface area contributed by atoms with E-state index in [9.17, 15) is 4.39 Å². The van der Waals surface area contributed by atoms with E-state index in [1.807, 2.05) is 17.5 Å². The predicted molar refractivity (Wildman–Crippen MR) is 82.8 cm³/mol. The number of halogens is 1. The van der Waals surface area contributed by atoms with Gasteiger partial charge < -0.3 is 0 Å². The second-order valence-electron chi connectivity index (χ2n) is 4.65. The smallest absolute Gasteiger partial charge is 0.214 e. The molecule has 0 atom stereocenters. The Labute approximate surface area is 129 Å². The minimum absolute atomic E-state index is 0.256. The highest BCUT2D eigenvalue weighted by molar-refractivity contribution is 8.02. The number of hydrogen-bond donors (Lipinski definition) is 1. The monoisotopic (exact) mass is 311 g/mol. The molecular weight excluding hydrogens is 301 g/mol. The summed E-state index contributed by atoms with van der Waals surface area (Å²) in [5, 5.41) is 11.0. The van der Waals surface area contributed by atoms with Gasteiger partial charge in [0, 0.05) is 28.9 Å². The van der Waals surface area contributed by atoms with Crippen molar-refractivity contribution in [3.63, 3.8) is 0 Å². The van der Waals surface area contributed by atoms with Crippen molar-refractivity contribution in [1.82, 2.24) is 19.9 Å². The molecule has 0 saturated heterocycles. The number of nitrogens with zero attached hydrogens (tertiary/aromatic N) is 4. The van der Waals surface area contributed by atoms with Crippen LogP contribution in [0, 0.1) is 5.82 Å². The number of nitrogens with one attached hydrogen (secondary N) is 1. The van der Waals surface area contributed by atoms with Crippen LogP contribution >= 0.6 is 11.8 Å². The van der Waals surface area contributed by atoms with Crippen LogP contribution < -0.4 is 5.43 Å². The van der Waals surface area contributed by atoms with Gasteiger partial charge in [0.05, 0.1) is 5.70 Å². The molecule has 1 N–H and O–H groups in total. The van der Waals surface area contributed by atoms with Crippen LogP contribution in [-0.2, 0) is 0 Å². The van der Waals surface area contributed by atoms with Gasteiger partial charge in [0.1, 0.15) is 5.82 Å². The van der Waals surface area contributed by atoms with Crippen LogP contribution in [0.15, 0.2) is 59.4 Å². The van der Waals surface area contributed by atoms with Crippen LogP contribution in [0.1, 0.15) is 5.56 Å². The molecule has 7 heteroatoms. The normalized spacial score (nSPS) is 13.2. The van der Waals surface area contributed by atoms with Crippen LogP contribution in [-0.4, -0.2) is 19.9 Å². The molecule has 108 valence electrons. The summed E-state index contributed by atoms with van der Waals surface area (Å²) in [6.07, 6.45) is 3.45. The molecule has 2 aromatic heterocycles. The number of fused-ring (bicyclic) bond motifs is 1. The van der Waals surface area contributed by atoms with Gasteiger partial charge in [0.25, 0.3) is 0 Å². The van der Waals surface area contributed by atoms with E-state index in [4.69, 9.17) is 0 Å². The van der Waals surface area contributed by atoms with E-state index >= 15 is 0 Å². The van der Waals surface area contributed by atoms with Crippen LogP contribution in [0.4, 0.5) is 4.39 Å². The molecule has 0 bridgehead atoms. The molecule has 0 amide bonds. The summed E-state index contributed by atoms with van der Waals surface area (Å²) in [6, 6.07) is 10.1. The SMILES string of the molecule is Fc1ccc(C2=CSc3nnc(-c4cccnc4)n3N2)cc1. The third-order valence-electron chi connectivity index (χ3n) is 3.22. The first-order chi connectivity index (χ1) is 10.8. The lowest BCUT2D eigenvalue weighted by molar-refractivity contribution is 0.627. The molecule has 3 aromatic rings. The third-order valence-corrected chi connectivity index (χ3v) is 4.05. The number of pyridine rings is 1. The number of thioether (sulfide) groups is 1. The van der Waals surface area contributed by atoms with Crippen molar-refractivity contribution in [3.8, 4) is 11.4 Å². The molecule has 3 heterocycles. The van der Waals surface area contributed by atoms with E-state index in [0.717, 1.165) is 22.0 Å². The van der Waals surface area contributed by atoms with Crippen molar-refractivity contribution < 1.29 is 4.39 Å². The molecule has 0 radical (unpaired) electrons. The van der Waals surface area contributed by atoms with Crippen molar-refractivity contribution in [1.29, 1.82) is 0 Å². The van der Waals surface area contributed by atoms with Gasteiger partial charge >= 0.3 is 0 Å². The van der Waals surface area contributed by atoms with Gasteiger partial charge in [0.2, 0.25) is 5.16 Å². The summed E-state index contributed by atoms with van der Waals surface area (Å²) in [5.41, 5.74) is 5.89. The van der Waals surface area contributed by atoms with E-state index in [-0.39, 0.29) is 5.82 Å². The molecule has 0 unspecified atom stereocenters. The molecular formula is C15H10FN5S. The van der Waals surface area contributed by atoms with Gasteiger partial charge in [0.15, 0.2) is 5.82 Å². The maximum atomic E-state index is 13.1. The fraction of sp³-hybridized carbons (Fsp3) is 0. The molecule has 1 aromatic carbocycles. The van der Waals surface area contributed by atoms with Crippen molar-refractivity contribution in [2.75, 3.05) is 5.43 Å². The molecule has 1 aliphatic heterocycles. The highest BCUT2D eigenvalue weighted by Gasteiger charge is 2.19. The molecule has 0 fully saturated rings. The molecule has 22 heavy (non-hydrogen) atoms. The summed E-state index contributed by atoms with van der Waals surface area (Å²) in [6.45, 7) is 0. The van der Waals surface area contributed by atoms with Crippen molar-refractivity contribution in [2.24, 2.45) is 0 Å². The Bertz CT molecular complexity index is 842. The van der Waals surface area contributed by atoms with Crippen LogP contribution in [0.2, 0.25) is 0 Å². The Hall–Kier alpha value is -2.67. The van der Waals surface area contributed by atoms with Gasteiger partial charge in [-0.3, -0.25) is 10.4 Å². The fourth-order valence-electron chi connectivity index (χ4n) is 2.15. The molecule has 4 rings (SSSR count). The number of hydrogen-bond acceptors (Lipinski definition) is 5. The minimum Gasteiger partial charge on any atom is -0.289 e. The van der Waals surface area contributed by atoms with Gasteiger partial charge in [-0.2, -0.15) is 0 Å². The number of benzene rings is 1. The topological polar surface area (TPSA) is 55.6 Å². The van der Waals surface area contributed by atoms with Crippen LogP contribution in [0.25, 0.3) is 17.1 Å². The summed E-state index contributed by atoms with van der Waals surface area (Å²) in [7, 11) is 0. The zero-order valence-electron chi connectivity index (χ0n) is 11.3. The average molecular weight is 311 g/mol. The van der Waals surface area contributed by atoms with Crippen LogP contribution in [0.3, 0.4) is 0 Å². The van der Waals surface area contributed by atoms with Gasteiger partial charge in [-0.05, 0) is 36.4 Å². The van der Waals surface area contributed by atoms with Crippen molar-refractivity contribution in [3.05, 3.63) is 65.6 Å². The zero-order chi connectivity index (χ0) is 14.9. The summed E-state index contributed by atoms with van der Waals surface area (Å²) in [5.74, 6) is 0.428. The van der Waals surface area contributed by atoms with E-state index < -0.39 is 0 Å². The number of aromatic nitrogens is 4. The lowest BCUT2D eigenvalue weighted by Crippen LogP contribution is -2.18.